The number of aromatic nitrogens is 1. The van der Waals surface area contributed by atoms with Crippen LogP contribution in [-0.2, 0) is 6.54 Å². The van der Waals surface area contributed by atoms with E-state index in [1.807, 2.05) is 11.8 Å². The van der Waals surface area contributed by atoms with E-state index in [4.69, 9.17) is 5.73 Å². The van der Waals surface area contributed by atoms with Gasteiger partial charge in [-0.05, 0) is 31.3 Å². The van der Waals surface area contributed by atoms with E-state index in [0.717, 1.165) is 44.1 Å². The maximum absolute atomic E-state index is 11.6. The standard InChI is InChI=1S/C14H25N3OS/c1-3-16(4-2)9-11-19-10-5-8-17-12-13(15)6-7-14(17)18/h6-7,12H,3-5,8-11,15H2,1-2H3. The fourth-order valence-corrected chi connectivity index (χ4v) is 2.82. The van der Waals surface area contributed by atoms with E-state index in [2.05, 4.69) is 18.7 Å². The van der Waals surface area contributed by atoms with Crippen LogP contribution in [0.25, 0.3) is 0 Å². The second-order valence-corrected chi connectivity index (χ2v) is 5.71. The predicted octanol–water partition coefficient (Wildman–Crippen LogP) is 1.90. The van der Waals surface area contributed by atoms with Crippen LogP contribution in [0.15, 0.2) is 23.1 Å². The SMILES string of the molecule is CCN(CC)CCSCCCn1cc(N)ccc1=O. The van der Waals surface area contributed by atoms with Crippen molar-refractivity contribution in [2.24, 2.45) is 0 Å². The van der Waals surface area contributed by atoms with E-state index < -0.39 is 0 Å². The van der Waals surface area contributed by atoms with Crippen molar-refractivity contribution < 1.29 is 0 Å². The topological polar surface area (TPSA) is 51.3 Å². The largest absolute Gasteiger partial charge is 0.398 e. The number of aryl methyl sites for hydroxylation is 1. The summed E-state index contributed by atoms with van der Waals surface area (Å²) in [6.45, 7) is 8.53. The molecule has 108 valence electrons. The Hall–Kier alpha value is -0.940. The van der Waals surface area contributed by atoms with Gasteiger partial charge in [0.15, 0.2) is 0 Å². The lowest BCUT2D eigenvalue weighted by Crippen LogP contribution is -2.25. The molecular formula is C14H25N3OS. The van der Waals surface area contributed by atoms with Crippen LogP contribution in [0.1, 0.15) is 20.3 Å². The fourth-order valence-electron chi connectivity index (χ4n) is 1.90. The molecule has 1 heterocycles. The highest BCUT2D eigenvalue weighted by Crippen LogP contribution is 2.05. The van der Waals surface area contributed by atoms with Crippen LogP contribution in [0.5, 0.6) is 0 Å². The zero-order valence-corrected chi connectivity index (χ0v) is 12.8. The summed E-state index contributed by atoms with van der Waals surface area (Å²) in [7, 11) is 0. The molecule has 0 atom stereocenters. The Morgan fingerprint density at radius 3 is 2.68 bits per heavy atom. The molecule has 0 aromatic carbocycles. The van der Waals surface area contributed by atoms with Gasteiger partial charge in [-0.25, -0.2) is 0 Å². The third kappa shape index (κ3) is 6.16. The van der Waals surface area contributed by atoms with Crippen LogP contribution < -0.4 is 11.3 Å². The van der Waals surface area contributed by atoms with E-state index in [0.29, 0.717) is 5.69 Å². The molecule has 0 amide bonds. The van der Waals surface area contributed by atoms with Gasteiger partial charge in [0.25, 0.3) is 5.56 Å². The molecule has 0 unspecified atom stereocenters. The fraction of sp³-hybridized carbons (Fsp3) is 0.643. The van der Waals surface area contributed by atoms with Crippen molar-refractivity contribution in [1.29, 1.82) is 0 Å². The van der Waals surface area contributed by atoms with Crippen molar-refractivity contribution in [1.82, 2.24) is 9.47 Å². The normalized spacial score (nSPS) is 11.1. The molecule has 0 radical (unpaired) electrons. The number of pyridine rings is 1. The van der Waals surface area contributed by atoms with E-state index in [-0.39, 0.29) is 5.56 Å². The van der Waals surface area contributed by atoms with Crippen molar-refractivity contribution in [3.63, 3.8) is 0 Å². The van der Waals surface area contributed by atoms with Crippen LogP contribution >= 0.6 is 11.8 Å². The van der Waals surface area contributed by atoms with Gasteiger partial charge in [-0.15, -0.1) is 0 Å². The van der Waals surface area contributed by atoms with Gasteiger partial charge in [0, 0.05) is 36.8 Å². The molecule has 0 saturated heterocycles. The van der Waals surface area contributed by atoms with Crippen LogP contribution in [0.2, 0.25) is 0 Å². The van der Waals surface area contributed by atoms with Crippen molar-refractivity contribution in [2.45, 2.75) is 26.8 Å². The lowest BCUT2D eigenvalue weighted by Gasteiger charge is -2.17. The van der Waals surface area contributed by atoms with Gasteiger partial charge in [-0.3, -0.25) is 4.79 Å². The highest BCUT2D eigenvalue weighted by Gasteiger charge is 1.99. The summed E-state index contributed by atoms with van der Waals surface area (Å²) in [4.78, 5) is 14.0. The minimum absolute atomic E-state index is 0.0299. The van der Waals surface area contributed by atoms with E-state index in [1.165, 1.54) is 6.07 Å². The highest BCUT2D eigenvalue weighted by molar-refractivity contribution is 7.99. The third-order valence-corrected chi connectivity index (χ3v) is 4.19. The van der Waals surface area contributed by atoms with Crippen LogP contribution in [0.4, 0.5) is 5.69 Å². The van der Waals surface area contributed by atoms with Crippen LogP contribution in [0.3, 0.4) is 0 Å². The van der Waals surface area contributed by atoms with Gasteiger partial charge in [-0.1, -0.05) is 13.8 Å². The maximum Gasteiger partial charge on any atom is 0.250 e. The molecular weight excluding hydrogens is 258 g/mol. The highest BCUT2D eigenvalue weighted by atomic mass is 32.2. The predicted molar refractivity (Wildman–Crippen MR) is 84.8 cm³/mol. The molecule has 0 bridgehead atoms. The molecule has 2 N–H and O–H groups in total. The second kappa shape index (κ2) is 9.04. The van der Waals surface area contributed by atoms with E-state index in [1.54, 1.807) is 16.8 Å². The summed E-state index contributed by atoms with van der Waals surface area (Å²) >= 11 is 1.95. The van der Waals surface area contributed by atoms with Crippen molar-refractivity contribution >= 4 is 17.4 Å². The molecule has 0 aliphatic heterocycles. The Kier molecular flexibility index (Phi) is 7.67. The average Bonchev–Trinajstić information content (AvgIpc) is 2.42. The Balaban J connectivity index is 2.17. The number of hydrogen-bond donors (Lipinski definition) is 1. The van der Waals surface area contributed by atoms with Crippen molar-refractivity contribution in [3.8, 4) is 0 Å². The Morgan fingerprint density at radius 1 is 1.26 bits per heavy atom. The first-order chi connectivity index (χ1) is 9.17. The average molecular weight is 283 g/mol. The molecule has 0 aliphatic rings. The lowest BCUT2D eigenvalue weighted by atomic mass is 10.4. The van der Waals surface area contributed by atoms with Gasteiger partial charge >= 0.3 is 0 Å². The number of rotatable bonds is 9. The van der Waals surface area contributed by atoms with Crippen LogP contribution in [-0.4, -0.2) is 40.6 Å². The molecule has 0 spiro atoms. The Morgan fingerprint density at radius 2 is 2.00 bits per heavy atom. The molecule has 1 rings (SSSR count). The molecule has 1 aromatic heterocycles. The van der Waals surface area contributed by atoms with E-state index >= 15 is 0 Å². The Bertz CT molecular complexity index is 415. The molecule has 19 heavy (non-hydrogen) atoms. The van der Waals surface area contributed by atoms with Crippen molar-refractivity contribution in [3.05, 3.63) is 28.7 Å². The number of nitrogens with zero attached hydrogens (tertiary/aromatic N) is 2. The second-order valence-electron chi connectivity index (χ2n) is 4.49. The zero-order valence-electron chi connectivity index (χ0n) is 12.0. The summed E-state index contributed by atoms with van der Waals surface area (Å²) < 4.78 is 1.69. The number of hydrogen-bond acceptors (Lipinski definition) is 4. The first-order valence-corrected chi connectivity index (χ1v) is 8.09. The number of thioether (sulfide) groups is 1. The third-order valence-electron chi connectivity index (χ3n) is 3.14. The summed E-state index contributed by atoms with van der Waals surface area (Å²) in [6.07, 6.45) is 2.73. The van der Waals surface area contributed by atoms with Gasteiger partial charge < -0.3 is 15.2 Å². The molecule has 1 aromatic rings. The van der Waals surface area contributed by atoms with Gasteiger partial charge in [-0.2, -0.15) is 11.8 Å². The van der Waals surface area contributed by atoms with Crippen molar-refractivity contribution in [2.75, 3.05) is 36.9 Å². The maximum atomic E-state index is 11.6. The zero-order chi connectivity index (χ0) is 14.1. The minimum Gasteiger partial charge on any atom is -0.398 e. The first-order valence-electron chi connectivity index (χ1n) is 6.93. The lowest BCUT2D eigenvalue weighted by molar-refractivity contribution is 0.324. The summed E-state index contributed by atoms with van der Waals surface area (Å²) in [5.41, 5.74) is 6.35. The number of nitrogen functional groups attached to an aromatic ring is 1. The van der Waals surface area contributed by atoms with Gasteiger partial charge in [0.05, 0.1) is 0 Å². The monoisotopic (exact) mass is 283 g/mol. The molecule has 5 heteroatoms. The number of anilines is 1. The van der Waals surface area contributed by atoms with Gasteiger partial charge in [0.1, 0.15) is 0 Å². The van der Waals surface area contributed by atoms with Crippen LogP contribution in [0, 0.1) is 0 Å². The quantitative estimate of drug-likeness (QED) is 0.703. The van der Waals surface area contributed by atoms with Gasteiger partial charge in [0.2, 0.25) is 0 Å². The summed E-state index contributed by atoms with van der Waals surface area (Å²) in [6, 6.07) is 3.18. The first kappa shape index (κ1) is 16.1. The molecule has 0 saturated carbocycles. The smallest absolute Gasteiger partial charge is 0.250 e. The Labute approximate surface area is 120 Å². The molecule has 0 aliphatic carbocycles. The molecule has 0 fully saturated rings. The minimum atomic E-state index is 0.0299. The number of nitrogens with two attached hydrogens (primary N) is 1. The molecule has 4 nitrogen and oxygen atoms in total. The van der Waals surface area contributed by atoms with E-state index in [9.17, 15) is 4.79 Å². The summed E-state index contributed by atoms with van der Waals surface area (Å²) in [5.74, 6) is 2.25. The summed E-state index contributed by atoms with van der Waals surface area (Å²) in [5, 5.41) is 0.